The molecule has 9 nitrogen and oxygen atoms in total. The fraction of sp³-hybridized carbons (Fsp3) is 0.263. The zero-order chi connectivity index (χ0) is 19.9. The van der Waals surface area contributed by atoms with Gasteiger partial charge in [-0.3, -0.25) is 24.5 Å². The van der Waals surface area contributed by atoms with Crippen LogP contribution in [0.2, 0.25) is 0 Å². The highest BCUT2D eigenvalue weighted by atomic mass is 16.6. The molecule has 2 amide bonds. The van der Waals surface area contributed by atoms with Crippen LogP contribution in [0.1, 0.15) is 33.8 Å². The van der Waals surface area contributed by atoms with Gasteiger partial charge in [-0.15, -0.1) is 0 Å². The number of ether oxygens (including phenoxy) is 3. The molecule has 0 atom stereocenters. The smallest absolute Gasteiger partial charge is 0.306 e. The van der Waals surface area contributed by atoms with Gasteiger partial charge in [0.15, 0.2) is 29.6 Å². The monoisotopic (exact) mass is 387 g/mol. The fourth-order valence-corrected chi connectivity index (χ4v) is 2.43. The van der Waals surface area contributed by atoms with E-state index in [-0.39, 0.29) is 24.4 Å². The van der Waals surface area contributed by atoms with Crippen molar-refractivity contribution in [1.29, 1.82) is 0 Å². The van der Waals surface area contributed by atoms with Crippen molar-refractivity contribution in [2.75, 3.05) is 19.8 Å². The van der Waals surface area contributed by atoms with Crippen molar-refractivity contribution in [3.05, 3.63) is 47.9 Å². The number of hydrogen-bond donors (Lipinski definition) is 1. The molecule has 1 aromatic carbocycles. The van der Waals surface area contributed by atoms with E-state index < -0.39 is 24.4 Å². The molecule has 0 unspecified atom stereocenters. The van der Waals surface area contributed by atoms with E-state index in [1.54, 1.807) is 18.2 Å². The third-order valence-electron chi connectivity index (χ3n) is 3.78. The summed E-state index contributed by atoms with van der Waals surface area (Å²) in [4.78, 5) is 47.1. The van der Waals surface area contributed by atoms with Crippen molar-refractivity contribution in [1.82, 2.24) is 5.32 Å². The maximum Gasteiger partial charge on any atom is 0.306 e. The maximum absolute atomic E-state index is 12.2. The van der Waals surface area contributed by atoms with Crippen LogP contribution in [-0.2, 0) is 14.3 Å². The number of Topliss-reactive ketones (excluding diaryl/α,β-unsaturated/α-hetero) is 1. The number of fused-ring (bicyclic) bond motifs is 1. The molecule has 1 aliphatic rings. The Hall–Kier alpha value is -3.62. The standard InChI is InChI=1S/C19H17NO8/c21-13(12-3-5-14-16(10-12)27-9-8-26-14)4-6-18(23)28-11-17(22)20-19(24)15-2-1-7-25-15/h1-3,5,7,10H,4,6,8-9,11H2,(H,20,22,24). The lowest BCUT2D eigenvalue weighted by Crippen LogP contribution is -2.34. The van der Waals surface area contributed by atoms with Gasteiger partial charge in [0.2, 0.25) is 0 Å². The number of imide groups is 1. The number of amides is 2. The third kappa shape index (κ3) is 4.97. The third-order valence-corrected chi connectivity index (χ3v) is 3.78. The van der Waals surface area contributed by atoms with Gasteiger partial charge < -0.3 is 18.6 Å². The molecule has 0 spiro atoms. The highest BCUT2D eigenvalue weighted by Gasteiger charge is 2.17. The van der Waals surface area contributed by atoms with Gasteiger partial charge >= 0.3 is 5.97 Å². The van der Waals surface area contributed by atoms with Crippen LogP contribution in [0.5, 0.6) is 11.5 Å². The first-order chi connectivity index (χ1) is 13.5. The van der Waals surface area contributed by atoms with Crippen LogP contribution in [0.4, 0.5) is 0 Å². The molecule has 1 aromatic heterocycles. The molecule has 0 fully saturated rings. The lowest BCUT2D eigenvalue weighted by atomic mass is 10.1. The largest absolute Gasteiger partial charge is 0.486 e. The lowest BCUT2D eigenvalue weighted by molar-refractivity contribution is -0.148. The predicted octanol–water partition coefficient (Wildman–Crippen LogP) is 1.51. The summed E-state index contributed by atoms with van der Waals surface area (Å²) in [6, 6.07) is 7.68. The average molecular weight is 387 g/mol. The zero-order valence-corrected chi connectivity index (χ0v) is 14.8. The van der Waals surface area contributed by atoms with Gasteiger partial charge in [0.05, 0.1) is 12.7 Å². The number of benzene rings is 1. The highest BCUT2D eigenvalue weighted by Crippen LogP contribution is 2.31. The van der Waals surface area contributed by atoms with Crippen LogP contribution in [0.25, 0.3) is 0 Å². The lowest BCUT2D eigenvalue weighted by Gasteiger charge is -2.18. The minimum Gasteiger partial charge on any atom is -0.486 e. The minimum absolute atomic E-state index is 0.0373. The van der Waals surface area contributed by atoms with E-state index in [0.717, 1.165) is 0 Å². The van der Waals surface area contributed by atoms with Crippen LogP contribution < -0.4 is 14.8 Å². The number of ketones is 1. The van der Waals surface area contributed by atoms with Crippen LogP contribution in [0.3, 0.4) is 0 Å². The molecule has 2 heterocycles. The Labute approximate surface area is 159 Å². The van der Waals surface area contributed by atoms with Crippen LogP contribution in [0.15, 0.2) is 41.0 Å². The summed E-state index contributed by atoms with van der Waals surface area (Å²) in [5, 5.41) is 2.02. The second-order valence-corrected chi connectivity index (χ2v) is 5.80. The van der Waals surface area contributed by atoms with E-state index in [0.29, 0.717) is 30.3 Å². The van der Waals surface area contributed by atoms with E-state index in [2.05, 4.69) is 0 Å². The Balaban J connectivity index is 1.41. The van der Waals surface area contributed by atoms with Gasteiger partial charge in [0.1, 0.15) is 13.2 Å². The summed E-state index contributed by atoms with van der Waals surface area (Å²) in [5.41, 5.74) is 0.388. The molecule has 0 bridgehead atoms. The van der Waals surface area contributed by atoms with E-state index in [1.165, 1.54) is 18.4 Å². The number of carbonyl (C=O) groups is 4. The van der Waals surface area contributed by atoms with Crippen LogP contribution in [0, 0.1) is 0 Å². The van der Waals surface area contributed by atoms with Crippen molar-refractivity contribution < 1.29 is 37.8 Å². The Bertz CT molecular complexity index is 887. The molecule has 1 aliphatic heterocycles. The number of furan rings is 1. The van der Waals surface area contributed by atoms with E-state index in [1.807, 2.05) is 5.32 Å². The number of nitrogens with one attached hydrogen (secondary N) is 1. The van der Waals surface area contributed by atoms with E-state index in [4.69, 9.17) is 18.6 Å². The molecule has 146 valence electrons. The molecule has 0 radical (unpaired) electrons. The summed E-state index contributed by atoms with van der Waals surface area (Å²) < 4.78 is 20.4. The number of hydrogen-bond acceptors (Lipinski definition) is 8. The normalized spacial score (nSPS) is 12.1. The summed E-state index contributed by atoms with van der Waals surface area (Å²) in [7, 11) is 0. The van der Waals surface area contributed by atoms with Gasteiger partial charge in [0.25, 0.3) is 11.8 Å². The highest BCUT2D eigenvalue weighted by molar-refractivity contribution is 6.03. The Morgan fingerprint density at radius 1 is 1.00 bits per heavy atom. The second kappa shape index (κ2) is 8.85. The summed E-state index contributed by atoms with van der Waals surface area (Å²) in [5.74, 6) is -1.52. The quantitative estimate of drug-likeness (QED) is 0.561. The first-order valence-electron chi connectivity index (χ1n) is 8.49. The first-order valence-corrected chi connectivity index (χ1v) is 8.49. The van der Waals surface area contributed by atoms with Gasteiger partial charge in [0, 0.05) is 12.0 Å². The molecule has 3 rings (SSSR count). The number of esters is 1. The van der Waals surface area contributed by atoms with Crippen LogP contribution >= 0.6 is 0 Å². The van der Waals surface area contributed by atoms with Gasteiger partial charge in [-0.05, 0) is 30.3 Å². The number of rotatable bonds is 7. The molecular weight excluding hydrogens is 370 g/mol. The van der Waals surface area contributed by atoms with E-state index >= 15 is 0 Å². The molecule has 0 saturated carbocycles. The Morgan fingerprint density at radius 3 is 2.54 bits per heavy atom. The molecule has 1 N–H and O–H groups in total. The summed E-state index contributed by atoms with van der Waals surface area (Å²) in [6.45, 7) is 0.220. The van der Waals surface area contributed by atoms with Crippen molar-refractivity contribution >= 4 is 23.6 Å². The molecular formula is C19H17NO8. The summed E-state index contributed by atoms with van der Waals surface area (Å²) >= 11 is 0. The molecule has 0 saturated heterocycles. The van der Waals surface area contributed by atoms with Crippen LogP contribution in [-0.4, -0.2) is 43.4 Å². The van der Waals surface area contributed by atoms with Gasteiger partial charge in [-0.25, -0.2) is 0 Å². The Morgan fingerprint density at radius 2 is 1.79 bits per heavy atom. The topological polar surface area (TPSA) is 121 Å². The number of carbonyl (C=O) groups excluding carboxylic acids is 4. The van der Waals surface area contributed by atoms with Crippen molar-refractivity contribution in [2.24, 2.45) is 0 Å². The predicted molar refractivity (Wildman–Crippen MR) is 93.1 cm³/mol. The van der Waals surface area contributed by atoms with E-state index in [9.17, 15) is 19.2 Å². The second-order valence-electron chi connectivity index (χ2n) is 5.80. The first kappa shape index (κ1) is 19.2. The van der Waals surface area contributed by atoms with Crippen molar-refractivity contribution in [3.63, 3.8) is 0 Å². The molecule has 28 heavy (non-hydrogen) atoms. The molecule has 2 aromatic rings. The minimum atomic E-state index is -0.798. The molecule has 9 heteroatoms. The van der Waals surface area contributed by atoms with Gasteiger partial charge in [-0.1, -0.05) is 0 Å². The zero-order valence-electron chi connectivity index (χ0n) is 14.8. The fourth-order valence-electron chi connectivity index (χ4n) is 2.43. The molecule has 0 aliphatic carbocycles. The Kier molecular flexibility index (Phi) is 6.05. The van der Waals surface area contributed by atoms with Crippen molar-refractivity contribution in [3.8, 4) is 11.5 Å². The average Bonchev–Trinajstić information content (AvgIpc) is 3.25. The maximum atomic E-state index is 12.2. The SMILES string of the molecule is O=C(COC(=O)CCC(=O)c1ccc2c(c1)OCCO2)NC(=O)c1ccco1. The summed E-state index contributed by atoms with van der Waals surface area (Å²) in [6.07, 6.45) is 0.996. The van der Waals surface area contributed by atoms with Gasteiger partial charge in [-0.2, -0.15) is 0 Å². The van der Waals surface area contributed by atoms with Crippen molar-refractivity contribution in [2.45, 2.75) is 12.8 Å².